The molecule has 142 valence electrons. The lowest BCUT2D eigenvalue weighted by atomic mass is 10.2. The number of amides is 2. The van der Waals surface area contributed by atoms with Gasteiger partial charge in [-0.25, -0.2) is 10.2 Å². The van der Waals surface area contributed by atoms with Crippen LogP contribution in [0, 0.1) is 10.1 Å². The first kappa shape index (κ1) is 19.7. The lowest BCUT2D eigenvalue weighted by Gasteiger charge is -2.11. The number of hydrogen-bond donors (Lipinski definition) is 2. The molecule has 0 heterocycles. The van der Waals surface area contributed by atoms with E-state index in [0.29, 0.717) is 5.56 Å². The summed E-state index contributed by atoms with van der Waals surface area (Å²) in [6, 6.07) is 8.04. The number of carbonyl (C=O) groups is 1. The van der Waals surface area contributed by atoms with Crippen molar-refractivity contribution in [2.24, 2.45) is 10.8 Å². The highest BCUT2D eigenvalue weighted by molar-refractivity contribution is 7.87. The van der Waals surface area contributed by atoms with Crippen LogP contribution in [-0.2, 0) is 10.1 Å². The Morgan fingerprint density at radius 2 is 1.96 bits per heavy atom. The molecular formula is C15H14N4O7S. The number of ether oxygens (including phenoxy) is 1. The van der Waals surface area contributed by atoms with Gasteiger partial charge in [0, 0.05) is 6.07 Å². The van der Waals surface area contributed by atoms with Gasteiger partial charge in [-0.15, -0.1) is 0 Å². The fourth-order valence-corrected chi connectivity index (χ4v) is 3.09. The summed E-state index contributed by atoms with van der Waals surface area (Å²) in [6.45, 7) is 0. The maximum absolute atomic E-state index is 12.5. The molecular weight excluding hydrogens is 380 g/mol. The largest absolute Gasteiger partial charge is 0.493 e. The third-order valence-electron chi connectivity index (χ3n) is 3.11. The molecule has 0 unspecified atom stereocenters. The Morgan fingerprint density at radius 1 is 1.26 bits per heavy atom. The SMILES string of the molecule is COc1cc(/C=N\NC(N)=O)ccc1OS(=O)(=O)c1ccccc1[N+](=O)[O-]. The summed E-state index contributed by atoms with van der Waals surface area (Å²) in [7, 11) is -3.21. The summed E-state index contributed by atoms with van der Waals surface area (Å²) in [5, 5.41) is 14.6. The van der Waals surface area contributed by atoms with Crippen LogP contribution < -0.4 is 20.1 Å². The molecule has 0 aliphatic carbocycles. The van der Waals surface area contributed by atoms with Crippen LogP contribution in [0.5, 0.6) is 11.5 Å². The van der Waals surface area contributed by atoms with Gasteiger partial charge in [0.05, 0.1) is 18.2 Å². The van der Waals surface area contributed by atoms with Crippen molar-refractivity contribution in [3.05, 3.63) is 58.1 Å². The van der Waals surface area contributed by atoms with Crippen LogP contribution in [-0.4, -0.2) is 32.7 Å². The predicted molar refractivity (Wildman–Crippen MR) is 94.2 cm³/mol. The molecule has 0 aliphatic rings. The Bertz CT molecular complexity index is 1000. The average Bonchev–Trinajstić information content (AvgIpc) is 2.62. The molecule has 2 rings (SSSR count). The summed E-state index contributed by atoms with van der Waals surface area (Å²) in [4.78, 5) is 20.2. The highest BCUT2D eigenvalue weighted by Gasteiger charge is 2.28. The standard InChI is InChI=1S/C15H14N4O7S/c1-25-13-8-10(9-17-18-15(16)20)6-7-12(13)26-27(23,24)14-5-3-2-4-11(14)19(21)22/h2-9H,1H3,(H3,16,18,20)/b17-9-. The lowest BCUT2D eigenvalue weighted by molar-refractivity contribution is -0.387. The third-order valence-corrected chi connectivity index (χ3v) is 4.39. The monoisotopic (exact) mass is 394 g/mol. The molecule has 0 aliphatic heterocycles. The summed E-state index contributed by atoms with van der Waals surface area (Å²) in [6.07, 6.45) is 1.24. The maximum Gasteiger partial charge on any atom is 0.346 e. The quantitative estimate of drug-likeness (QED) is 0.310. The van der Waals surface area contributed by atoms with Crippen LogP contribution in [0.1, 0.15) is 5.56 Å². The van der Waals surface area contributed by atoms with Crippen LogP contribution in [0.25, 0.3) is 0 Å². The van der Waals surface area contributed by atoms with Crippen LogP contribution in [0.15, 0.2) is 52.5 Å². The van der Waals surface area contributed by atoms with E-state index in [-0.39, 0.29) is 11.5 Å². The number of nitrogens with one attached hydrogen (secondary N) is 1. The van der Waals surface area contributed by atoms with E-state index in [4.69, 9.17) is 14.7 Å². The van der Waals surface area contributed by atoms with Crippen LogP contribution in [0.2, 0.25) is 0 Å². The minimum absolute atomic E-state index is 0.0279. The average molecular weight is 394 g/mol. The lowest BCUT2D eigenvalue weighted by Crippen LogP contribution is -2.24. The van der Waals surface area contributed by atoms with Crippen molar-refractivity contribution in [3.8, 4) is 11.5 Å². The molecule has 2 aromatic carbocycles. The summed E-state index contributed by atoms with van der Waals surface area (Å²) >= 11 is 0. The Morgan fingerprint density at radius 3 is 2.59 bits per heavy atom. The molecule has 0 radical (unpaired) electrons. The molecule has 12 heteroatoms. The van der Waals surface area contributed by atoms with Crippen molar-refractivity contribution in [3.63, 3.8) is 0 Å². The second kappa shape index (κ2) is 8.14. The van der Waals surface area contributed by atoms with E-state index in [1.165, 1.54) is 43.7 Å². The summed E-state index contributed by atoms with van der Waals surface area (Å²) in [5.41, 5.74) is 6.70. The molecule has 0 bridgehead atoms. The normalized spacial score (nSPS) is 11.1. The molecule has 27 heavy (non-hydrogen) atoms. The number of benzene rings is 2. The van der Waals surface area contributed by atoms with E-state index in [1.54, 1.807) is 0 Å². The van der Waals surface area contributed by atoms with Crippen LogP contribution in [0.4, 0.5) is 10.5 Å². The van der Waals surface area contributed by atoms with Crippen molar-refractivity contribution in [2.75, 3.05) is 7.11 Å². The first-order chi connectivity index (χ1) is 12.7. The smallest absolute Gasteiger partial charge is 0.346 e. The van der Waals surface area contributed by atoms with E-state index in [2.05, 4.69) is 5.10 Å². The second-order valence-corrected chi connectivity index (χ2v) is 6.42. The van der Waals surface area contributed by atoms with E-state index >= 15 is 0 Å². The van der Waals surface area contributed by atoms with Gasteiger partial charge in [0.15, 0.2) is 16.4 Å². The number of primary amides is 1. The second-order valence-electron chi connectivity index (χ2n) is 4.91. The molecule has 2 amide bonds. The maximum atomic E-state index is 12.5. The zero-order chi connectivity index (χ0) is 20.0. The number of rotatable bonds is 7. The van der Waals surface area contributed by atoms with E-state index in [9.17, 15) is 23.3 Å². The molecule has 11 nitrogen and oxygen atoms in total. The van der Waals surface area contributed by atoms with Gasteiger partial charge in [0.1, 0.15) is 0 Å². The van der Waals surface area contributed by atoms with Gasteiger partial charge in [-0.2, -0.15) is 13.5 Å². The Balaban J connectivity index is 2.35. The van der Waals surface area contributed by atoms with Gasteiger partial charge in [-0.3, -0.25) is 10.1 Å². The number of urea groups is 1. The molecule has 3 N–H and O–H groups in total. The van der Waals surface area contributed by atoms with Crippen molar-refractivity contribution in [1.29, 1.82) is 0 Å². The van der Waals surface area contributed by atoms with Crippen molar-refractivity contribution >= 4 is 28.1 Å². The van der Waals surface area contributed by atoms with E-state index in [0.717, 1.165) is 12.1 Å². The zero-order valence-corrected chi connectivity index (χ0v) is 14.7. The highest BCUT2D eigenvalue weighted by atomic mass is 32.2. The third kappa shape index (κ3) is 4.92. The Kier molecular flexibility index (Phi) is 5.92. The minimum Gasteiger partial charge on any atom is -0.493 e. The van der Waals surface area contributed by atoms with Crippen LogP contribution >= 0.6 is 0 Å². The number of nitrogens with zero attached hydrogens (tertiary/aromatic N) is 2. The first-order valence-corrected chi connectivity index (χ1v) is 8.60. The topological polar surface area (TPSA) is 163 Å². The molecule has 2 aromatic rings. The number of carbonyl (C=O) groups excluding carboxylic acids is 1. The van der Waals surface area contributed by atoms with Crippen molar-refractivity contribution in [1.82, 2.24) is 5.43 Å². The molecule has 0 atom stereocenters. The first-order valence-electron chi connectivity index (χ1n) is 7.19. The Labute approximate surface area is 153 Å². The number of methoxy groups -OCH3 is 1. The molecule has 0 aromatic heterocycles. The van der Waals surface area contributed by atoms with Gasteiger partial charge in [-0.05, 0) is 29.8 Å². The van der Waals surface area contributed by atoms with Crippen molar-refractivity contribution in [2.45, 2.75) is 4.90 Å². The van der Waals surface area contributed by atoms with Gasteiger partial charge in [-0.1, -0.05) is 12.1 Å². The number of nitrogens with two attached hydrogens (primary N) is 1. The molecule has 0 saturated carbocycles. The molecule has 0 saturated heterocycles. The van der Waals surface area contributed by atoms with Gasteiger partial charge in [0.2, 0.25) is 0 Å². The van der Waals surface area contributed by atoms with Gasteiger partial charge < -0.3 is 14.7 Å². The summed E-state index contributed by atoms with van der Waals surface area (Å²) < 4.78 is 35.0. The molecule has 0 spiro atoms. The minimum atomic E-state index is -4.49. The number of hydrazone groups is 1. The predicted octanol–water partition coefficient (Wildman–Crippen LogP) is 1.37. The number of hydrogen-bond acceptors (Lipinski definition) is 8. The van der Waals surface area contributed by atoms with Crippen LogP contribution in [0.3, 0.4) is 0 Å². The molecule has 0 fully saturated rings. The number of nitro benzene ring substituents is 1. The summed E-state index contributed by atoms with van der Waals surface area (Å²) in [5.74, 6) is -0.157. The van der Waals surface area contributed by atoms with Crippen molar-refractivity contribution < 1.29 is 27.1 Å². The zero-order valence-electron chi connectivity index (χ0n) is 13.9. The van der Waals surface area contributed by atoms with Gasteiger partial charge >= 0.3 is 16.1 Å². The van der Waals surface area contributed by atoms with Gasteiger partial charge in [0.25, 0.3) is 5.69 Å². The number of para-hydroxylation sites is 1. The van der Waals surface area contributed by atoms with E-state index < -0.39 is 31.7 Å². The van der Waals surface area contributed by atoms with E-state index in [1.807, 2.05) is 5.43 Å². The number of nitro groups is 1. The Hall–Kier alpha value is -3.67. The highest BCUT2D eigenvalue weighted by Crippen LogP contribution is 2.32. The fourth-order valence-electron chi connectivity index (χ4n) is 1.99. The fraction of sp³-hybridized carbons (Fsp3) is 0.0667.